The lowest BCUT2D eigenvalue weighted by molar-refractivity contribution is 0.0794. The van der Waals surface area contributed by atoms with Gasteiger partial charge >= 0.3 is 5.69 Å². The lowest BCUT2D eigenvalue weighted by Crippen LogP contribution is -2.41. The second kappa shape index (κ2) is 9.11. The Kier molecular flexibility index (Phi) is 5.98. The van der Waals surface area contributed by atoms with Crippen LogP contribution in [-0.2, 0) is 6.54 Å². The summed E-state index contributed by atoms with van der Waals surface area (Å²) in [4.78, 5) is 47.2. The standard InChI is InChI=1S/C26H22ClFN4O3/c1-16-14-18(24(33)30-12-5-6-13-30)22-23(29-16)32(17-8-3-2-4-9-17)26(35)31(25(22)34)15-19-20(27)10-7-11-21(19)28/h2-4,7-11,14H,5-6,12-13,15H2,1H3. The van der Waals surface area contributed by atoms with E-state index in [2.05, 4.69) is 4.98 Å². The Hall–Kier alpha value is -3.78. The van der Waals surface area contributed by atoms with Gasteiger partial charge < -0.3 is 4.90 Å². The van der Waals surface area contributed by atoms with E-state index in [1.165, 1.54) is 22.8 Å². The Bertz CT molecular complexity index is 1550. The molecule has 0 N–H and O–H groups in total. The number of carbonyl (C=O) groups excluding carboxylic acids is 1. The van der Waals surface area contributed by atoms with Gasteiger partial charge in [0.15, 0.2) is 5.65 Å². The van der Waals surface area contributed by atoms with Gasteiger partial charge in [-0.05, 0) is 50.1 Å². The van der Waals surface area contributed by atoms with E-state index in [9.17, 15) is 18.8 Å². The fourth-order valence-corrected chi connectivity index (χ4v) is 4.74. The number of aromatic nitrogens is 3. The van der Waals surface area contributed by atoms with Crippen LogP contribution in [0.1, 0.15) is 34.5 Å². The number of para-hydroxylation sites is 1. The number of halogens is 2. The van der Waals surface area contributed by atoms with Crippen LogP contribution in [0.5, 0.6) is 0 Å². The van der Waals surface area contributed by atoms with Crippen molar-refractivity contribution < 1.29 is 9.18 Å². The van der Waals surface area contributed by atoms with Gasteiger partial charge in [0.25, 0.3) is 11.5 Å². The van der Waals surface area contributed by atoms with Crippen LogP contribution >= 0.6 is 11.6 Å². The number of benzene rings is 2. The minimum Gasteiger partial charge on any atom is -0.339 e. The van der Waals surface area contributed by atoms with Gasteiger partial charge in [-0.3, -0.25) is 14.2 Å². The SMILES string of the molecule is Cc1cc(C(=O)N2CCCC2)c2c(=O)n(Cc3c(F)cccc3Cl)c(=O)n(-c3ccccc3)c2n1. The lowest BCUT2D eigenvalue weighted by Gasteiger charge is -2.19. The summed E-state index contributed by atoms with van der Waals surface area (Å²) in [5, 5.41) is 0.112. The normalized spacial score (nSPS) is 13.5. The number of amides is 1. The molecule has 1 fully saturated rings. The summed E-state index contributed by atoms with van der Waals surface area (Å²) >= 11 is 6.21. The van der Waals surface area contributed by atoms with Gasteiger partial charge in [-0.15, -0.1) is 0 Å². The van der Waals surface area contributed by atoms with Crippen molar-refractivity contribution in [2.24, 2.45) is 0 Å². The molecule has 7 nitrogen and oxygen atoms in total. The van der Waals surface area contributed by atoms with E-state index in [-0.39, 0.29) is 33.1 Å². The van der Waals surface area contributed by atoms with E-state index in [4.69, 9.17) is 11.6 Å². The first-order valence-electron chi connectivity index (χ1n) is 11.3. The molecule has 0 radical (unpaired) electrons. The highest BCUT2D eigenvalue weighted by Gasteiger charge is 2.27. The van der Waals surface area contributed by atoms with E-state index in [1.54, 1.807) is 48.2 Å². The Morgan fingerprint density at radius 3 is 2.46 bits per heavy atom. The number of rotatable bonds is 4. The second-order valence-corrected chi connectivity index (χ2v) is 8.96. The van der Waals surface area contributed by atoms with E-state index in [0.29, 0.717) is 24.5 Å². The molecule has 9 heteroatoms. The fraction of sp³-hybridized carbons (Fsp3) is 0.231. The maximum Gasteiger partial charge on any atom is 0.337 e. The molecule has 4 aromatic rings. The Balaban J connectivity index is 1.87. The zero-order valence-corrected chi connectivity index (χ0v) is 19.8. The molecule has 2 aromatic carbocycles. The molecule has 35 heavy (non-hydrogen) atoms. The average molecular weight is 493 g/mol. The summed E-state index contributed by atoms with van der Waals surface area (Å²) in [5.74, 6) is -0.922. The van der Waals surface area contributed by atoms with Crippen molar-refractivity contribution in [2.45, 2.75) is 26.3 Å². The Morgan fingerprint density at radius 1 is 1.06 bits per heavy atom. The molecule has 2 aromatic heterocycles. The highest BCUT2D eigenvalue weighted by atomic mass is 35.5. The zero-order valence-electron chi connectivity index (χ0n) is 19.0. The molecule has 0 unspecified atom stereocenters. The lowest BCUT2D eigenvalue weighted by atomic mass is 10.1. The third-order valence-electron chi connectivity index (χ3n) is 6.24. The van der Waals surface area contributed by atoms with Crippen LogP contribution in [0.4, 0.5) is 4.39 Å². The van der Waals surface area contributed by atoms with E-state index in [1.807, 2.05) is 0 Å². The maximum absolute atomic E-state index is 14.6. The van der Waals surface area contributed by atoms with Crippen molar-refractivity contribution in [2.75, 3.05) is 13.1 Å². The van der Waals surface area contributed by atoms with Crippen LogP contribution in [-0.4, -0.2) is 38.0 Å². The quantitative estimate of drug-likeness (QED) is 0.432. The molecule has 1 aliphatic heterocycles. The predicted molar refractivity (Wildman–Crippen MR) is 132 cm³/mol. The van der Waals surface area contributed by atoms with Crippen molar-refractivity contribution in [3.63, 3.8) is 0 Å². The third kappa shape index (κ3) is 4.04. The first-order valence-corrected chi connectivity index (χ1v) is 11.7. The number of nitrogens with zero attached hydrogens (tertiary/aromatic N) is 4. The molecule has 178 valence electrons. The average Bonchev–Trinajstić information content (AvgIpc) is 3.38. The van der Waals surface area contributed by atoms with Gasteiger partial charge in [-0.25, -0.2) is 18.7 Å². The fourth-order valence-electron chi connectivity index (χ4n) is 4.51. The molecule has 1 aliphatic rings. The zero-order chi connectivity index (χ0) is 24.7. The highest BCUT2D eigenvalue weighted by molar-refractivity contribution is 6.31. The number of pyridine rings is 1. The molecule has 1 saturated heterocycles. The topological polar surface area (TPSA) is 77.2 Å². The minimum absolute atomic E-state index is 0.0137. The van der Waals surface area contributed by atoms with Gasteiger partial charge in [0.1, 0.15) is 5.82 Å². The van der Waals surface area contributed by atoms with Crippen LogP contribution in [0, 0.1) is 12.7 Å². The summed E-state index contributed by atoms with van der Waals surface area (Å²) in [6.07, 6.45) is 1.77. The van der Waals surface area contributed by atoms with Crippen LogP contribution in [0.2, 0.25) is 5.02 Å². The number of hydrogen-bond acceptors (Lipinski definition) is 4. The monoisotopic (exact) mass is 492 g/mol. The van der Waals surface area contributed by atoms with Gasteiger partial charge in [0.2, 0.25) is 0 Å². The Labute approximate surface area is 205 Å². The summed E-state index contributed by atoms with van der Waals surface area (Å²) in [5.41, 5.74) is -0.175. The molecular formula is C26H22ClFN4O3. The molecule has 1 amide bonds. The van der Waals surface area contributed by atoms with E-state index >= 15 is 0 Å². The van der Waals surface area contributed by atoms with Crippen molar-refractivity contribution >= 4 is 28.5 Å². The Morgan fingerprint density at radius 2 is 1.77 bits per heavy atom. The minimum atomic E-state index is -0.716. The predicted octanol–water partition coefficient (Wildman–Crippen LogP) is 3.93. The summed E-state index contributed by atoms with van der Waals surface area (Å²) in [6.45, 7) is 2.51. The maximum atomic E-state index is 14.6. The van der Waals surface area contributed by atoms with E-state index < -0.39 is 23.6 Å². The number of likely N-dealkylation sites (tertiary alicyclic amines) is 1. The van der Waals surface area contributed by atoms with Crippen molar-refractivity contribution in [1.82, 2.24) is 19.0 Å². The molecule has 0 spiro atoms. The largest absolute Gasteiger partial charge is 0.339 e. The van der Waals surface area contributed by atoms with Crippen LogP contribution in [0.25, 0.3) is 16.7 Å². The van der Waals surface area contributed by atoms with Gasteiger partial charge in [-0.1, -0.05) is 35.9 Å². The summed E-state index contributed by atoms with van der Waals surface area (Å²) in [7, 11) is 0. The molecule has 0 atom stereocenters. The molecule has 5 rings (SSSR count). The van der Waals surface area contributed by atoms with Crippen LogP contribution in [0.3, 0.4) is 0 Å². The number of fused-ring (bicyclic) bond motifs is 1. The van der Waals surface area contributed by atoms with Crippen molar-refractivity contribution in [1.29, 1.82) is 0 Å². The van der Waals surface area contributed by atoms with Gasteiger partial charge in [0, 0.05) is 29.4 Å². The first kappa shape index (κ1) is 23.0. The second-order valence-electron chi connectivity index (χ2n) is 8.55. The van der Waals surface area contributed by atoms with Crippen molar-refractivity contribution in [3.05, 3.63) is 103 Å². The third-order valence-corrected chi connectivity index (χ3v) is 6.59. The summed E-state index contributed by atoms with van der Waals surface area (Å²) in [6, 6.07) is 14.5. The molecule has 0 bridgehead atoms. The van der Waals surface area contributed by atoms with Gasteiger partial charge in [0.05, 0.1) is 23.2 Å². The molecule has 0 saturated carbocycles. The first-order chi connectivity index (χ1) is 16.9. The molecule has 3 heterocycles. The smallest absolute Gasteiger partial charge is 0.337 e. The van der Waals surface area contributed by atoms with Crippen LogP contribution < -0.4 is 11.2 Å². The number of hydrogen-bond donors (Lipinski definition) is 0. The number of carbonyl (C=O) groups is 1. The van der Waals surface area contributed by atoms with Crippen molar-refractivity contribution in [3.8, 4) is 5.69 Å². The van der Waals surface area contributed by atoms with E-state index in [0.717, 1.165) is 17.4 Å². The van der Waals surface area contributed by atoms with Crippen LogP contribution in [0.15, 0.2) is 64.2 Å². The summed E-state index contributed by atoms with van der Waals surface area (Å²) < 4.78 is 16.8. The number of aryl methyl sites for hydroxylation is 1. The highest BCUT2D eigenvalue weighted by Crippen LogP contribution is 2.23. The van der Waals surface area contributed by atoms with Gasteiger partial charge in [-0.2, -0.15) is 0 Å². The molecule has 0 aliphatic carbocycles. The molecular weight excluding hydrogens is 471 g/mol.